The smallest absolute Gasteiger partial charge is 0.229 e. The molecule has 2 atom stereocenters. The number of anilines is 2. The highest BCUT2D eigenvalue weighted by Gasteiger charge is 2.51. The summed E-state index contributed by atoms with van der Waals surface area (Å²) in [6.45, 7) is 0.694. The second-order valence-electron chi connectivity index (χ2n) is 8.60. The van der Waals surface area contributed by atoms with Gasteiger partial charge >= 0.3 is 0 Å². The zero-order valence-electron chi connectivity index (χ0n) is 18.0. The van der Waals surface area contributed by atoms with E-state index in [1.54, 1.807) is 19.6 Å². The molecule has 0 amide bonds. The van der Waals surface area contributed by atoms with Crippen LogP contribution < -0.4 is 20.7 Å². The molecular weight excluding hydrogens is 394 g/mol. The van der Waals surface area contributed by atoms with E-state index in [9.17, 15) is 0 Å². The minimum atomic E-state index is 0.0957. The second kappa shape index (κ2) is 7.79. The first kappa shape index (κ1) is 19.7. The minimum Gasteiger partial charge on any atom is -0.501 e. The topological polar surface area (TPSA) is 114 Å². The summed E-state index contributed by atoms with van der Waals surface area (Å²) in [7, 11) is 3.78. The molecule has 2 aromatic heterocycles. The largest absolute Gasteiger partial charge is 0.501 e. The highest BCUT2D eigenvalue weighted by molar-refractivity contribution is 5.59. The Hall–Kier alpha value is -3.23. The molecule has 164 valence electrons. The number of rotatable bonds is 6. The zero-order valence-corrected chi connectivity index (χ0v) is 18.0. The number of allylic oxidation sites excluding steroid dienone is 2. The predicted octanol–water partition coefficient (Wildman–Crippen LogP) is 2.89. The Morgan fingerprint density at radius 2 is 2.26 bits per heavy atom. The number of ether oxygens (including phenoxy) is 2. The van der Waals surface area contributed by atoms with Gasteiger partial charge in [-0.25, -0.2) is 9.97 Å². The molecule has 2 aliphatic carbocycles. The van der Waals surface area contributed by atoms with E-state index in [4.69, 9.17) is 20.2 Å². The van der Waals surface area contributed by atoms with Crippen molar-refractivity contribution in [2.24, 2.45) is 11.7 Å². The first-order chi connectivity index (χ1) is 15.1. The van der Waals surface area contributed by atoms with Crippen molar-refractivity contribution in [3.63, 3.8) is 0 Å². The third-order valence-corrected chi connectivity index (χ3v) is 6.86. The zero-order chi connectivity index (χ0) is 21.4. The molecular formula is C22H29N7O2. The summed E-state index contributed by atoms with van der Waals surface area (Å²) in [4.78, 5) is 18.8. The van der Waals surface area contributed by atoms with E-state index in [1.165, 1.54) is 6.20 Å². The number of nitrogens with zero attached hydrogens (tertiary/aromatic N) is 4. The van der Waals surface area contributed by atoms with Gasteiger partial charge in [-0.15, -0.1) is 0 Å². The summed E-state index contributed by atoms with van der Waals surface area (Å²) in [5.74, 6) is 3.51. The van der Waals surface area contributed by atoms with Crippen LogP contribution in [-0.2, 0) is 4.74 Å². The van der Waals surface area contributed by atoms with E-state index in [2.05, 4.69) is 32.2 Å². The number of nitrogens with one attached hydrogen (secondary N) is 2. The summed E-state index contributed by atoms with van der Waals surface area (Å²) in [6, 6.07) is 0. The lowest BCUT2D eigenvalue weighted by molar-refractivity contribution is 0.233. The van der Waals surface area contributed by atoms with Gasteiger partial charge in [-0.05, 0) is 25.7 Å². The van der Waals surface area contributed by atoms with E-state index in [0.717, 1.165) is 49.4 Å². The highest BCUT2D eigenvalue weighted by Crippen LogP contribution is 2.48. The maximum Gasteiger partial charge on any atom is 0.229 e. The van der Waals surface area contributed by atoms with Crippen LogP contribution in [0.2, 0.25) is 0 Å². The Kier molecular flexibility index (Phi) is 4.95. The van der Waals surface area contributed by atoms with Crippen LogP contribution in [-0.4, -0.2) is 46.2 Å². The molecule has 2 unspecified atom stereocenters. The Balaban J connectivity index is 1.36. The lowest BCUT2D eigenvalue weighted by Crippen LogP contribution is -2.43. The number of hydrogen-bond acceptors (Lipinski definition) is 8. The Morgan fingerprint density at radius 3 is 2.97 bits per heavy atom. The number of likely N-dealkylation sites (N-methyl/N-ethyl adjacent to an activating group) is 1. The Bertz CT molecular complexity index is 997. The molecule has 9 heteroatoms. The number of hydrogen-bond donors (Lipinski definition) is 3. The number of nitrogens with two attached hydrogens (primary N) is 1. The molecule has 31 heavy (non-hydrogen) atoms. The van der Waals surface area contributed by atoms with Gasteiger partial charge < -0.3 is 30.4 Å². The fourth-order valence-electron chi connectivity index (χ4n) is 4.79. The van der Waals surface area contributed by atoms with E-state index in [1.807, 2.05) is 12.3 Å². The van der Waals surface area contributed by atoms with Crippen LogP contribution in [0.5, 0.6) is 5.75 Å². The SMILES string of the molecule is CO/C(=C/C(=C\N)Nc1ncc2c(n1)N(C)C1(CC1)CO2)C1CCCC1c1cnc[nH]1. The molecule has 3 heterocycles. The maximum atomic E-state index is 5.94. The normalized spacial score (nSPS) is 24.6. The second-order valence-corrected chi connectivity index (χ2v) is 8.60. The van der Waals surface area contributed by atoms with E-state index in [0.29, 0.717) is 29.9 Å². The van der Waals surface area contributed by atoms with Crippen molar-refractivity contribution >= 4 is 11.8 Å². The molecule has 1 spiro atoms. The van der Waals surface area contributed by atoms with Crippen LogP contribution in [0, 0.1) is 5.92 Å². The van der Waals surface area contributed by atoms with E-state index >= 15 is 0 Å². The van der Waals surface area contributed by atoms with Crippen molar-refractivity contribution in [2.75, 3.05) is 31.0 Å². The van der Waals surface area contributed by atoms with Crippen LogP contribution >= 0.6 is 0 Å². The predicted molar refractivity (Wildman–Crippen MR) is 118 cm³/mol. The van der Waals surface area contributed by atoms with Gasteiger partial charge in [-0.2, -0.15) is 4.98 Å². The average Bonchev–Trinajstić information content (AvgIpc) is 3.17. The van der Waals surface area contributed by atoms with Crippen LogP contribution in [0.4, 0.5) is 11.8 Å². The molecule has 5 rings (SSSR count). The number of H-pyrrole nitrogens is 1. The molecule has 0 bridgehead atoms. The van der Waals surface area contributed by atoms with Crippen molar-refractivity contribution in [3.8, 4) is 5.75 Å². The summed E-state index contributed by atoms with van der Waals surface area (Å²) < 4.78 is 11.7. The molecule has 2 saturated carbocycles. The summed E-state index contributed by atoms with van der Waals surface area (Å²) in [5.41, 5.74) is 7.87. The third kappa shape index (κ3) is 3.58. The molecule has 4 N–H and O–H groups in total. The van der Waals surface area contributed by atoms with Gasteiger partial charge in [0.15, 0.2) is 11.6 Å². The molecule has 1 aliphatic heterocycles. The fraction of sp³-hybridized carbons (Fsp3) is 0.500. The molecule has 9 nitrogen and oxygen atoms in total. The number of fused-ring (bicyclic) bond motifs is 1. The van der Waals surface area contributed by atoms with Crippen molar-refractivity contribution < 1.29 is 9.47 Å². The van der Waals surface area contributed by atoms with E-state index in [-0.39, 0.29) is 11.5 Å². The molecule has 0 radical (unpaired) electrons. The van der Waals surface area contributed by atoms with Crippen molar-refractivity contribution in [1.82, 2.24) is 19.9 Å². The Morgan fingerprint density at radius 1 is 1.39 bits per heavy atom. The first-order valence-corrected chi connectivity index (χ1v) is 10.8. The molecule has 2 aromatic rings. The number of methoxy groups -OCH3 is 1. The standard InChI is InChI=1S/C22H29N7O2/c1-29-20-19(31-12-22(29)6-7-22)11-25-21(28-20)27-14(9-23)8-18(30-2)16-5-3-4-15(16)17-10-24-13-26-17/h8-11,13,15-16H,3-7,12,23H2,1-2H3,(H,24,26)(H,25,27,28)/b14-9+,18-8+. The monoisotopic (exact) mass is 423 g/mol. The van der Waals surface area contributed by atoms with Gasteiger partial charge in [0, 0.05) is 43.1 Å². The lowest BCUT2D eigenvalue weighted by atomic mass is 9.91. The number of imidazole rings is 1. The van der Waals surface area contributed by atoms with Crippen molar-refractivity contribution in [3.05, 3.63) is 48.1 Å². The van der Waals surface area contributed by atoms with Gasteiger partial charge in [0.05, 0.1) is 30.9 Å². The molecule has 3 aliphatic rings. The van der Waals surface area contributed by atoms with Crippen molar-refractivity contribution in [2.45, 2.75) is 43.6 Å². The van der Waals surface area contributed by atoms with Crippen LogP contribution in [0.1, 0.15) is 43.7 Å². The average molecular weight is 424 g/mol. The third-order valence-electron chi connectivity index (χ3n) is 6.86. The van der Waals surface area contributed by atoms with Crippen LogP contribution in [0.3, 0.4) is 0 Å². The quantitative estimate of drug-likeness (QED) is 0.480. The molecule has 2 fully saturated rings. The molecule has 0 saturated heterocycles. The summed E-state index contributed by atoms with van der Waals surface area (Å²) >= 11 is 0. The number of aromatic nitrogens is 4. The Labute approximate surface area is 181 Å². The van der Waals surface area contributed by atoms with Gasteiger partial charge in [-0.1, -0.05) is 6.42 Å². The summed E-state index contributed by atoms with van der Waals surface area (Å²) in [6.07, 6.45) is 14.4. The van der Waals surface area contributed by atoms with Gasteiger partial charge in [0.2, 0.25) is 5.95 Å². The van der Waals surface area contributed by atoms with Gasteiger partial charge in [0.25, 0.3) is 0 Å². The van der Waals surface area contributed by atoms with Crippen molar-refractivity contribution in [1.29, 1.82) is 0 Å². The summed E-state index contributed by atoms with van der Waals surface area (Å²) in [5, 5.41) is 3.24. The van der Waals surface area contributed by atoms with Crippen LogP contribution in [0.25, 0.3) is 0 Å². The van der Waals surface area contributed by atoms with E-state index < -0.39 is 0 Å². The lowest BCUT2D eigenvalue weighted by Gasteiger charge is -2.35. The van der Waals surface area contributed by atoms with Gasteiger partial charge in [-0.3, -0.25) is 0 Å². The highest BCUT2D eigenvalue weighted by atomic mass is 16.5. The first-order valence-electron chi connectivity index (χ1n) is 10.8. The number of aromatic amines is 1. The molecule has 0 aromatic carbocycles. The van der Waals surface area contributed by atoms with Gasteiger partial charge in [0.1, 0.15) is 12.4 Å². The maximum absolute atomic E-state index is 5.94. The van der Waals surface area contributed by atoms with Crippen LogP contribution in [0.15, 0.2) is 42.5 Å². The fourth-order valence-corrected chi connectivity index (χ4v) is 4.79. The minimum absolute atomic E-state index is 0.0957.